The molecule has 6 nitrogen and oxygen atoms in total. The maximum absolute atomic E-state index is 13.5. The van der Waals surface area contributed by atoms with Gasteiger partial charge in [-0.15, -0.1) is 22.0 Å². The number of aromatic nitrogens is 4. The van der Waals surface area contributed by atoms with Gasteiger partial charge in [0.15, 0.2) is 11.0 Å². The van der Waals surface area contributed by atoms with E-state index in [0.29, 0.717) is 5.16 Å². The van der Waals surface area contributed by atoms with E-state index in [2.05, 4.69) is 33.4 Å². The van der Waals surface area contributed by atoms with Crippen molar-refractivity contribution in [2.45, 2.75) is 16.1 Å². The van der Waals surface area contributed by atoms with Crippen LogP contribution < -0.4 is 4.90 Å². The van der Waals surface area contributed by atoms with Crippen molar-refractivity contribution in [3.8, 4) is 11.4 Å². The maximum Gasteiger partial charge on any atom is 0.238 e. The monoisotopic (exact) mass is 459 g/mol. The lowest BCUT2D eigenvalue weighted by Gasteiger charge is -2.37. The summed E-state index contributed by atoms with van der Waals surface area (Å²) in [6, 6.07) is 22.2. The summed E-state index contributed by atoms with van der Waals surface area (Å²) >= 11 is 3.21. The standard InChI is InChI=1S/C24H21N5OS2/c1-28-23(18-11-13-25-14-12-18)26-27-24(28)32-16-22(30)29-19-9-5-6-10-21(19)31-15-20(29)17-7-3-2-4-8-17/h2-14,20H,15-16H2,1H3/t20-/m1/s1. The van der Waals surface area contributed by atoms with Crippen LogP contribution in [0.25, 0.3) is 11.4 Å². The molecule has 0 saturated heterocycles. The molecule has 0 aliphatic carbocycles. The van der Waals surface area contributed by atoms with E-state index in [1.54, 1.807) is 24.2 Å². The minimum atomic E-state index is -0.00363. The summed E-state index contributed by atoms with van der Waals surface area (Å²) in [7, 11) is 1.92. The second-order valence-corrected chi connectivity index (χ2v) is 9.36. The Hall–Kier alpha value is -3.10. The largest absolute Gasteiger partial charge is 0.305 e. The smallest absolute Gasteiger partial charge is 0.238 e. The molecule has 2 aromatic carbocycles. The molecule has 32 heavy (non-hydrogen) atoms. The molecule has 5 rings (SSSR count). The lowest BCUT2D eigenvalue weighted by Crippen LogP contribution is -2.39. The number of anilines is 1. The van der Waals surface area contributed by atoms with Crippen LogP contribution in [0.2, 0.25) is 0 Å². The predicted octanol–water partition coefficient (Wildman–Crippen LogP) is 4.85. The Kier molecular flexibility index (Phi) is 5.96. The maximum atomic E-state index is 13.5. The summed E-state index contributed by atoms with van der Waals surface area (Å²) in [5, 5.41) is 9.33. The Bertz CT molecular complexity index is 1230. The van der Waals surface area contributed by atoms with Crippen molar-refractivity contribution in [2.75, 3.05) is 16.4 Å². The molecule has 4 aromatic rings. The summed E-state index contributed by atoms with van der Waals surface area (Å²) in [5.41, 5.74) is 3.06. The number of carbonyl (C=O) groups excluding carboxylic acids is 1. The second-order valence-electron chi connectivity index (χ2n) is 7.36. The number of hydrogen-bond acceptors (Lipinski definition) is 6. The molecule has 1 aliphatic rings. The van der Waals surface area contributed by atoms with Crippen LogP contribution in [-0.4, -0.2) is 37.2 Å². The van der Waals surface area contributed by atoms with Crippen LogP contribution in [0.5, 0.6) is 0 Å². The van der Waals surface area contributed by atoms with Gasteiger partial charge in [0.2, 0.25) is 5.91 Å². The average Bonchev–Trinajstić information content (AvgIpc) is 3.23. The minimum Gasteiger partial charge on any atom is -0.305 e. The number of thioether (sulfide) groups is 2. The molecule has 0 bridgehead atoms. The number of rotatable bonds is 5. The van der Waals surface area contributed by atoms with Crippen LogP contribution in [0.4, 0.5) is 5.69 Å². The zero-order valence-corrected chi connectivity index (χ0v) is 19.1. The van der Waals surface area contributed by atoms with E-state index in [-0.39, 0.29) is 17.7 Å². The molecule has 1 amide bonds. The van der Waals surface area contributed by atoms with Crippen molar-refractivity contribution < 1.29 is 4.79 Å². The van der Waals surface area contributed by atoms with Gasteiger partial charge < -0.3 is 9.47 Å². The van der Waals surface area contributed by atoms with Crippen molar-refractivity contribution in [3.05, 3.63) is 84.7 Å². The van der Waals surface area contributed by atoms with Crippen molar-refractivity contribution in [3.63, 3.8) is 0 Å². The van der Waals surface area contributed by atoms with Gasteiger partial charge in [-0.3, -0.25) is 9.78 Å². The van der Waals surface area contributed by atoms with Crippen molar-refractivity contribution >= 4 is 35.1 Å². The Morgan fingerprint density at radius 1 is 1.03 bits per heavy atom. The van der Waals surface area contributed by atoms with E-state index in [4.69, 9.17) is 0 Å². The van der Waals surface area contributed by atoms with E-state index >= 15 is 0 Å². The predicted molar refractivity (Wildman–Crippen MR) is 129 cm³/mol. The molecule has 8 heteroatoms. The van der Waals surface area contributed by atoms with E-state index in [1.807, 2.05) is 65.0 Å². The third-order valence-electron chi connectivity index (χ3n) is 5.38. The molecule has 0 unspecified atom stereocenters. The van der Waals surface area contributed by atoms with Crippen molar-refractivity contribution in [2.24, 2.45) is 7.05 Å². The molecule has 1 aliphatic heterocycles. The summed E-state index contributed by atoms with van der Waals surface area (Å²) < 4.78 is 1.92. The fraction of sp³-hybridized carbons (Fsp3) is 0.167. The molecule has 0 N–H and O–H groups in total. The minimum absolute atomic E-state index is 0.00363. The number of hydrogen-bond donors (Lipinski definition) is 0. The Labute approximate surface area is 195 Å². The van der Waals surface area contributed by atoms with Gasteiger partial charge in [-0.25, -0.2) is 0 Å². The zero-order chi connectivity index (χ0) is 21.9. The fourth-order valence-corrected chi connectivity index (χ4v) is 5.75. The molecule has 160 valence electrons. The van der Waals surface area contributed by atoms with Gasteiger partial charge >= 0.3 is 0 Å². The van der Waals surface area contributed by atoms with E-state index in [1.165, 1.54) is 11.8 Å². The van der Waals surface area contributed by atoms with Crippen LogP contribution in [0.1, 0.15) is 11.6 Å². The first-order valence-corrected chi connectivity index (χ1v) is 12.2. The Morgan fingerprint density at radius 2 is 1.78 bits per heavy atom. The van der Waals surface area contributed by atoms with Gasteiger partial charge in [-0.1, -0.05) is 54.2 Å². The average molecular weight is 460 g/mol. The van der Waals surface area contributed by atoms with Gasteiger partial charge in [0, 0.05) is 35.7 Å². The van der Waals surface area contributed by atoms with Crippen molar-refractivity contribution in [1.29, 1.82) is 0 Å². The third kappa shape index (κ3) is 4.03. The first kappa shape index (κ1) is 20.8. The lowest BCUT2D eigenvalue weighted by atomic mass is 10.1. The first-order chi connectivity index (χ1) is 15.7. The SMILES string of the molecule is Cn1c(SCC(=O)N2c3ccccc3SC[C@@H]2c2ccccc2)nnc1-c1ccncc1. The molecule has 3 heterocycles. The normalized spacial score (nSPS) is 15.4. The molecular weight excluding hydrogens is 438 g/mol. The number of carbonyl (C=O) groups is 1. The summed E-state index contributed by atoms with van der Waals surface area (Å²) in [6.45, 7) is 0. The molecule has 0 saturated carbocycles. The third-order valence-corrected chi connectivity index (χ3v) is 7.53. The number of amides is 1. The summed E-state index contributed by atoms with van der Waals surface area (Å²) in [4.78, 5) is 20.7. The molecule has 1 atom stereocenters. The number of pyridine rings is 1. The van der Waals surface area contributed by atoms with Crippen LogP contribution in [-0.2, 0) is 11.8 Å². The second kappa shape index (κ2) is 9.18. The van der Waals surface area contributed by atoms with Gasteiger partial charge in [0.05, 0.1) is 17.5 Å². The fourth-order valence-electron chi connectivity index (χ4n) is 3.81. The Morgan fingerprint density at radius 3 is 2.59 bits per heavy atom. The number of fused-ring (bicyclic) bond motifs is 1. The number of benzene rings is 2. The number of para-hydroxylation sites is 1. The molecule has 2 aromatic heterocycles. The highest BCUT2D eigenvalue weighted by Crippen LogP contribution is 2.43. The van der Waals surface area contributed by atoms with Crippen LogP contribution in [0, 0.1) is 0 Å². The topological polar surface area (TPSA) is 63.9 Å². The van der Waals surface area contributed by atoms with Crippen LogP contribution >= 0.6 is 23.5 Å². The number of nitrogens with zero attached hydrogens (tertiary/aromatic N) is 5. The summed E-state index contributed by atoms with van der Waals surface area (Å²) in [6.07, 6.45) is 3.46. The van der Waals surface area contributed by atoms with Gasteiger partial charge in [0.25, 0.3) is 0 Å². The highest BCUT2D eigenvalue weighted by molar-refractivity contribution is 8.00. The first-order valence-electron chi connectivity index (χ1n) is 10.2. The highest BCUT2D eigenvalue weighted by atomic mass is 32.2. The van der Waals surface area contributed by atoms with E-state index in [9.17, 15) is 4.79 Å². The molecule has 0 fully saturated rings. The van der Waals surface area contributed by atoms with Crippen molar-refractivity contribution in [1.82, 2.24) is 19.7 Å². The van der Waals surface area contributed by atoms with E-state index < -0.39 is 0 Å². The van der Waals surface area contributed by atoms with Gasteiger partial charge in [-0.2, -0.15) is 0 Å². The quantitative estimate of drug-likeness (QED) is 0.398. The van der Waals surface area contributed by atoms with Gasteiger partial charge in [-0.05, 0) is 29.8 Å². The summed E-state index contributed by atoms with van der Waals surface area (Å²) in [5.74, 6) is 1.92. The lowest BCUT2D eigenvalue weighted by molar-refractivity contribution is -0.116. The zero-order valence-electron chi connectivity index (χ0n) is 17.5. The molecular formula is C24H21N5OS2. The van der Waals surface area contributed by atoms with Gasteiger partial charge in [0.1, 0.15) is 0 Å². The van der Waals surface area contributed by atoms with Crippen LogP contribution in [0.15, 0.2) is 89.2 Å². The van der Waals surface area contributed by atoms with Crippen LogP contribution in [0.3, 0.4) is 0 Å². The Balaban J connectivity index is 1.39. The van der Waals surface area contributed by atoms with E-state index in [0.717, 1.165) is 33.3 Å². The molecule has 0 spiro atoms. The molecule has 0 radical (unpaired) electrons. The highest BCUT2D eigenvalue weighted by Gasteiger charge is 2.32.